The lowest BCUT2D eigenvalue weighted by atomic mass is 10.0. The number of hydrogen-bond donors (Lipinski definition) is 2. The van der Waals surface area contributed by atoms with Crippen LogP contribution in [-0.2, 0) is 30.7 Å². The van der Waals surface area contributed by atoms with E-state index >= 15 is 0 Å². The largest absolute Gasteiger partial charge is 0.435 e. The van der Waals surface area contributed by atoms with Crippen LogP contribution in [0, 0.1) is 13.8 Å². The molecule has 0 spiro atoms. The highest BCUT2D eigenvalue weighted by Gasteiger charge is 2.36. The van der Waals surface area contributed by atoms with Crippen molar-refractivity contribution in [1.29, 1.82) is 0 Å². The van der Waals surface area contributed by atoms with Gasteiger partial charge in [0, 0.05) is 29.4 Å². The van der Waals surface area contributed by atoms with Gasteiger partial charge in [0.05, 0.1) is 11.9 Å². The van der Waals surface area contributed by atoms with Gasteiger partial charge in [-0.1, -0.05) is 0 Å². The molecule has 37 heavy (non-hydrogen) atoms. The summed E-state index contributed by atoms with van der Waals surface area (Å²) >= 11 is 0.544. The van der Waals surface area contributed by atoms with Crippen LogP contribution in [0.2, 0.25) is 0 Å². The first-order chi connectivity index (χ1) is 17.1. The number of anilines is 1. The SMILES string of the molecule is Cc1c(-c2cc(C(F)(F)F)nc3sc(C(N)=O)c(NC(=O)Cn4nc(C(F)(F)F)cc4C)c23)cnn1C. The molecule has 4 heterocycles. The average Bonchev–Trinajstić information content (AvgIpc) is 3.43. The number of carbonyl (C=O) groups excluding carboxylic acids is 2. The molecule has 2 amide bonds. The fraction of sp³-hybridized carbons (Fsp3) is 0.286. The standard InChI is InChI=1S/C21H17F6N7O2S/c1-8-4-13(21(25,26)27)32-34(8)7-14(35)31-16-15-10(11-6-29-33(3)9(11)2)5-12(20(22,23)24)30-19(15)37-17(16)18(28)36/h4-6H,7H2,1-3H3,(H2,28,36)(H,31,35). The molecule has 4 rings (SSSR count). The second-order valence-corrected chi connectivity index (χ2v) is 9.04. The van der Waals surface area contributed by atoms with Gasteiger partial charge in [0.15, 0.2) is 5.69 Å². The topological polar surface area (TPSA) is 121 Å². The predicted molar refractivity (Wildman–Crippen MR) is 121 cm³/mol. The number of fused-ring (bicyclic) bond motifs is 1. The van der Waals surface area contributed by atoms with E-state index in [0.717, 1.165) is 16.8 Å². The second kappa shape index (κ2) is 8.86. The van der Waals surface area contributed by atoms with E-state index in [2.05, 4.69) is 20.5 Å². The molecule has 0 bridgehead atoms. The van der Waals surface area contributed by atoms with Crippen LogP contribution in [0.5, 0.6) is 0 Å². The third kappa shape index (κ3) is 4.87. The van der Waals surface area contributed by atoms with Crippen molar-refractivity contribution in [2.45, 2.75) is 32.7 Å². The van der Waals surface area contributed by atoms with E-state index in [4.69, 9.17) is 5.73 Å². The quantitative estimate of drug-likeness (QED) is 0.363. The van der Waals surface area contributed by atoms with Crippen LogP contribution in [0.25, 0.3) is 21.3 Å². The van der Waals surface area contributed by atoms with Gasteiger partial charge in [0.1, 0.15) is 21.9 Å². The van der Waals surface area contributed by atoms with Crippen molar-refractivity contribution < 1.29 is 35.9 Å². The summed E-state index contributed by atoms with van der Waals surface area (Å²) in [5.41, 5.74) is 3.58. The summed E-state index contributed by atoms with van der Waals surface area (Å²) in [7, 11) is 1.58. The highest BCUT2D eigenvalue weighted by Crippen LogP contribution is 2.44. The number of nitrogens with zero attached hydrogens (tertiary/aromatic N) is 5. The molecule has 0 unspecified atom stereocenters. The number of carbonyl (C=O) groups is 2. The van der Waals surface area contributed by atoms with Gasteiger partial charge in [-0.3, -0.25) is 19.0 Å². The molecule has 196 valence electrons. The van der Waals surface area contributed by atoms with E-state index in [1.165, 1.54) is 17.8 Å². The lowest BCUT2D eigenvalue weighted by Crippen LogP contribution is -2.22. The molecule has 0 radical (unpaired) electrons. The van der Waals surface area contributed by atoms with Crippen molar-refractivity contribution >= 4 is 39.1 Å². The Bertz CT molecular complexity index is 1550. The number of nitrogens with two attached hydrogens (primary N) is 1. The molecule has 0 saturated carbocycles. The monoisotopic (exact) mass is 545 g/mol. The Morgan fingerprint density at radius 2 is 1.70 bits per heavy atom. The summed E-state index contributed by atoms with van der Waals surface area (Å²) in [5.74, 6) is -1.94. The van der Waals surface area contributed by atoms with Gasteiger partial charge in [0.25, 0.3) is 5.91 Å². The normalized spacial score (nSPS) is 12.4. The van der Waals surface area contributed by atoms with Gasteiger partial charge in [0.2, 0.25) is 5.91 Å². The van der Waals surface area contributed by atoms with Crippen molar-refractivity contribution in [3.8, 4) is 11.1 Å². The van der Waals surface area contributed by atoms with Gasteiger partial charge in [-0.2, -0.15) is 36.5 Å². The zero-order chi connectivity index (χ0) is 27.4. The predicted octanol–water partition coefficient (Wildman–Crippen LogP) is 4.29. The number of aryl methyl sites for hydroxylation is 2. The molecule has 0 fully saturated rings. The Labute approximate surface area is 207 Å². The summed E-state index contributed by atoms with van der Waals surface area (Å²) in [5, 5.41) is 9.85. The minimum atomic E-state index is -4.83. The van der Waals surface area contributed by atoms with Crippen LogP contribution in [0.4, 0.5) is 32.0 Å². The summed E-state index contributed by atoms with van der Waals surface area (Å²) in [4.78, 5) is 28.1. The smallest absolute Gasteiger partial charge is 0.365 e. The number of aromatic nitrogens is 5. The van der Waals surface area contributed by atoms with Gasteiger partial charge in [-0.05, 0) is 31.5 Å². The number of rotatable bonds is 5. The summed E-state index contributed by atoms with van der Waals surface area (Å²) in [6.07, 6.45) is -8.23. The third-order valence-electron chi connectivity index (χ3n) is 5.53. The Kier molecular flexibility index (Phi) is 6.26. The van der Waals surface area contributed by atoms with Gasteiger partial charge in [-0.25, -0.2) is 4.98 Å². The summed E-state index contributed by atoms with van der Waals surface area (Å²) in [6.45, 7) is 2.25. The van der Waals surface area contributed by atoms with E-state index in [1.807, 2.05) is 0 Å². The first kappa shape index (κ1) is 26.1. The van der Waals surface area contributed by atoms with Crippen LogP contribution < -0.4 is 11.1 Å². The first-order valence-electron chi connectivity index (χ1n) is 10.3. The molecular weight excluding hydrogens is 528 g/mol. The van der Waals surface area contributed by atoms with E-state index in [9.17, 15) is 35.9 Å². The van der Waals surface area contributed by atoms with Crippen molar-refractivity contribution in [2.75, 3.05) is 5.32 Å². The fourth-order valence-electron chi connectivity index (χ4n) is 3.64. The maximum absolute atomic E-state index is 13.6. The molecule has 0 aliphatic heterocycles. The Morgan fingerprint density at radius 1 is 1.05 bits per heavy atom. The Balaban J connectivity index is 1.86. The number of pyridine rings is 1. The lowest BCUT2D eigenvalue weighted by molar-refractivity contribution is -0.142. The molecule has 0 aliphatic rings. The van der Waals surface area contributed by atoms with Crippen LogP contribution in [0.15, 0.2) is 18.3 Å². The van der Waals surface area contributed by atoms with E-state index in [1.54, 1.807) is 14.0 Å². The minimum Gasteiger partial charge on any atom is -0.365 e. The molecule has 0 saturated heterocycles. The maximum Gasteiger partial charge on any atom is 0.435 e. The molecule has 0 aromatic carbocycles. The van der Waals surface area contributed by atoms with Gasteiger partial charge < -0.3 is 11.1 Å². The zero-order valence-electron chi connectivity index (χ0n) is 19.2. The number of nitrogens with one attached hydrogen (secondary N) is 1. The van der Waals surface area contributed by atoms with Crippen molar-refractivity contribution in [1.82, 2.24) is 24.5 Å². The number of amides is 2. The van der Waals surface area contributed by atoms with Crippen LogP contribution >= 0.6 is 11.3 Å². The van der Waals surface area contributed by atoms with Crippen LogP contribution in [0.3, 0.4) is 0 Å². The molecule has 4 aromatic rings. The van der Waals surface area contributed by atoms with Crippen molar-refractivity contribution in [3.63, 3.8) is 0 Å². The summed E-state index contributed by atoms with van der Waals surface area (Å²) < 4.78 is 82.0. The fourth-order valence-corrected chi connectivity index (χ4v) is 4.64. The second-order valence-electron chi connectivity index (χ2n) is 8.05. The number of halogens is 6. The third-order valence-corrected chi connectivity index (χ3v) is 6.63. The highest BCUT2D eigenvalue weighted by molar-refractivity contribution is 7.21. The van der Waals surface area contributed by atoms with E-state index in [0.29, 0.717) is 17.0 Å². The number of alkyl halides is 6. The lowest BCUT2D eigenvalue weighted by Gasteiger charge is -2.12. The number of primary amides is 1. The van der Waals surface area contributed by atoms with Gasteiger partial charge in [-0.15, -0.1) is 11.3 Å². The van der Waals surface area contributed by atoms with Crippen LogP contribution in [-0.4, -0.2) is 36.4 Å². The molecule has 0 atom stereocenters. The molecule has 3 N–H and O–H groups in total. The summed E-state index contributed by atoms with van der Waals surface area (Å²) in [6, 6.07) is 1.53. The average molecular weight is 545 g/mol. The first-order valence-corrected chi connectivity index (χ1v) is 11.1. The maximum atomic E-state index is 13.6. The van der Waals surface area contributed by atoms with Crippen molar-refractivity contribution in [3.05, 3.63) is 46.0 Å². The molecule has 9 nitrogen and oxygen atoms in total. The zero-order valence-corrected chi connectivity index (χ0v) is 20.1. The molecule has 16 heteroatoms. The molecule has 0 aliphatic carbocycles. The Morgan fingerprint density at radius 3 is 2.22 bits per heavy atom. The number of thiophene rings is 1. The molecule has 4 aromatic heterocycles. The van der Waals surface area contributed by atoms with E-state index < -0.39 is 42.1 Å². The Hall–Kier alpha value is -3.95. The minimum absolute atomic E-state index is 0.00409. The number of hydrogen-bond acceptors (Lipinski definition) is 6. The van der Waals surface area contributed by atoms with E-state index in [-0.39, 0.29) is 37.6 Å². The van der Waals surface area contributed by atoms with Crippen LogP contribution in [0.1, 0.15) is 32.4 Å². The van der Waals surface area contributed by atoms with Gasteiger partial charge >= 0.3 is 12.4 Å². The molecular formula is C21H17F6N7O2S. The van der Waals surface area contributed by atoms with Crippen molar-refractivity contribution in [2.24, 2.45) is 12.8 Å². The highest BCUT2D eigenvalue weighted by atomic mass is 32.1.